The summed E-state index contributed by atoms with van der Waals surface area (Å²) >= 11 is 19.6. The Hall–Kier alpha value is -2.13. The Morgan fingerprint density at radius 3 is 2.81 bits per heavy atom. The van der Waals surface area contributed by atoms with Crippen LogP contribution in [0.3, 0.4) is 0 Å². The van der Waals surface area contributed by atoms with Crippen molar-refractivity contribution in [2.24, 2.45) is 5.92 Å². The highest BCUT2D eigenvalue weighted by Crippen LogP contribution is 2.40. The minimum absolute atomic E-state index is 0.341. The first-order valence-electron chi connectivity index (χ1n) is 10.1. The fraction of sp³-hybridized carbons (Fsp3) is 0.318. The molecule has 0 spiro atoms. The van der Waals surface area contributed by atoms with Crippen LogP contribution in [-0.4, -0.2) is 28.0 Å². The van der Waals surface area contributed by atoms with Crippen LogP contribution in [0.4, 0.5) is 10.7 Å². The summed E-state index contributed by atoms with van der Waals surface area (Å²) in [5.74, 6) is 0.258. The second-order valence-electron chi connectivity index (χ2n) is 7.75. The van der Waals surface area contributed by atoms with Crippen LogP contribution >= 0.6 is 46.8 Å². The summed E-state index contributed by atoms with van der Waals surface area (Å²) in [4.78, 5) is 13.7. The number of anilines is 2. The van der Waals surface area contributed by atoms with E-state index in [-0.39, 0.29) is 5.97 Å². The van der Waals surface area contributed by atoms with Crippen LogP contribution in [-0.2, 0) is 24.1 Å². The number of ether oxygens (including phenoxy) is 1. The van der Waals surface area contributed by atoms with Gasteiger partial charge in [0.1, 0.15) is 5.00 Å². The number of nitrogens with one attached hydrogen (secondary N) is 2. The predicted octanol–water partition coefficient (Wildman–Crippen LogP) is 6.02. The first-order valence-corrected chi connectivity index (χ1v) is 12.1. The molecule has 0 saturated carbocycles. The fourth-order valence-electron chi connectivity index (χ4n) is 3.78. The number of rotatable bonds is 5. The zero-order chi connectivity index (χ0) is 22.8. The molecule has 3 aromatic rings. The van der Waals surface area contributed by atoms with Gasteiger partial charge in [-0.2, -0.15) is 5.10 Å². The van der Waals surface area contributed by atoms with Crippen molar-refractivity contribution in [2.45, 2.75) is 32.7 Å². The van der Waals surface area contributed by atoms with Crippen molar-refractivity contribution in [1.82, 2.24) is 9.78 Å². The van der Waals surface area contributed by atoms with Crippen LogP contribution in [0, 0.1) is 5.92 Å². The molecule has 1 aromatic carbocycles. The van der Waals surface area contributed by atoms with E-state index in [4.69, 9.17) is 40.2 Å². The summed E-state index contributed by atoms with van der Waals surface area (Å²) in [5, 5.41) is 12.9. The second kappa shape index (κ2) is 9.79. The quantitative estimate of drug-likeness (QED) is 0.324. The lowest BCUT2D eigenvalue weighted by Crippen LogP contribution is -2.20. The minimum atomic E-state index is -0.341. The van der Waals surface area contributed by atoms with E-state index in [9.17, 15) is 4.79 Å². The number of fused-ring (bicyclic) bond motifs is 1. The number of hydrogen-bond donors (Lipinski definition) is 2. The Morgan fingerprint density at radius 1 is 1.34 bits per heavy atom. The molecule has 0 bridgehead atoms. The van der Waals surface area contributed by atoms with Gasteiger partial charge in [-0.1, -0.05) is 36.2 Å². The van der Waals surface area contributed by atoms with Gasteiger partial charge in [0.05, 0.1) is 31.1 Å². The lowest BCUT2D eigenvalue weighted by Gasteiger charge is -2.18. The zero-order valence-electron chi connectivity index (χ0n) is 17.6. The number of benzene rings is 1. The minimum Gasteiger partial charge on any atom is -0.465 e. The van der Waals surface area contributed by atoms with E-state index in [2.05, 4.69) is 22.7 Å². The second-order valence-corrected chi connectivity index (χ2v) is 10.1. The van der Waals surface area contributed by atoms with Crippen LogP contribution in [0.15, 0.2) is 30.6 Å². The largest absolute Gasteiger partial charge is 0.465 e. The number of thiophene rings is 1. The van der Waals surface area contributed by atoms with E-state index < -0.39 is 0 Å². The molecule has 1 atom stereocenters. The number of esters is 1. The van der Waals surface area contributed by atoms with Crippen LogP contribution in [0.5, 0.6) is 0 Å². The summed E-state index contributed by atoms with van der Waals surface area (Å²) in [6, 6.07) is 5.40. The smallest absolute Gasteiger partial charge is 0.341 e. The third-order valence-corrected chi connectivity index (χ3v) is 7.48. The Morgan fingerprint density at radius 2 is 2.09 bits per heavy atom. The maximum atomic E-state index is 12.5. The van der Waals surface area contributed by atoms with Crippen LogP contribution in [0.25, 0.3) is 0 Å². The van der Waals surface area contributed by atoms with E-state index in [1.165, 1.54) is 12.0 Å². The van der Waals surface area contributed by atoms with Gasteiger partial charge < -0.3 is 15.4 Å². The standard InChI is InChI=1S/C22H22Cl2N4O2S2/c1-12-6-7-14-18(8-12)32-20(19(14)21(29)30-2)27-22(31)26-13-9-25-28(10-13)11-15-16(23)4-3-5-17(15)24/h3-5,9-10,12H,6-8,11H2,1-2H3,(H2,26,27,31). The topological polar surface area (TPSA) is 68.2 Å². The third-order valence-electron chi connectivity index (χ3n) is 5.40. The van der Waals surface area contributed by atoms with Crippen molar-refractivity contribution in [2.75, 3.05) is 17.7 Å². The number of aromatic nitrogens is 2. The van der Waals surface area contributed by atoms with Crippen LogP contribution < -0.4 is 10.6 Å². The molecule has 1 aliphatic carbocycles. The van der Waals surface area contributed by atoms with Crippen molar-refractivity contribution in [3.8, 4) is 0 Å². The molecular formula is C22H22Cl2N4O2S2. The van der Waals surface area contributed by atoms with E-state index in [0.717, 1.165) is 30.4 Å². The summed E-state index contributed by atoms with van der Waals surface area (Å²) in [7, 11) is 1.40. The molecule has 0 amide bonds. The number of carbonyl (C=O) groups excluding carboxylic acids is 1. The average molecular weight is 509 g/mol. The van der Waals surface area contributed by atoms with Crippen molar-refractivity contribution < 1.29 is 9.53 Å². The summed E-state index contributed by atoms with van der Waals surface area (Å²) < 4.78 is 6.76. The Balaban J connectivity index is 1.47. The Bertz CT molecular complexity index is 1150. The maximum absolute atomic E-state index is 12.5. The molecule has 0 radical (unpaired) electrons. The van der Waals surface area contributed by atoms with Crippen molar-refractivity contribution in [3.05, 3.63) is 62.2 Å². The number of hydrogen-bond acceptors (Lipinski definition) is 5. The summed E-state index contributed by atoms with van der Waals surface area (Å²) in [6.07, 6.45) is 6.38. The normalized spacial score (nSPS) is 15.2. The maximum Gasteiger partial charge on any atom is 0.341 e. The van der Waals surface area contributed by atoms with Crippen molar-refractivity contribution in [3.63, 3.8) is 0 Å². The van der Waals surface area contributed by atoms with E-state index in [1.54, 1.807) is 40.4 Å². The molecule has 4 rings (SSSR count). The molecule has 1 unspecified atom stereocenters. The molecule has 6 nitrogen and oxygen atoms in total. The van der Waals surface area contributed by atoms with Gasteiger partial charge in [-0.15, -0.1) is 11.3 Å². The summed E-state index contributed by atoms with van der Waals surface area (Å²) in [6.45, 7) is 2.66. The highest BCUT2D eigenvalue weighted by molar-refractivity contribution is 7.80. The van der Waals surface area contributed by atoms with Gasteiger partial charge in [-0.25, -0.2) is 4.79 Å². The molecule has 0 aliphatic heterocycles. The lowest BCUT2D eigenvalue weighted by atomic mass is 9.88. The number of thiocarbonyl (C=S) groups is 1. The van der Waals surface area contributed by atoms with Gasteiger partial charge in [0.25, 0.3) is 0 Å². The monoisotopic (exact) mass is 508 g/mol. The van der Waals surface area contributed by atoms with Crippen LogP contribution in [0.1, 0.15) is 39.7 Å². The first-order chi connectivity index (χ1) is 15.4. The van der Waals surface area contributed by atoms with Gasteiger partial charge >= 0.3 is 5.97 Å². The molecule has 0 saturated heterocycles. The first kappa shape index (κ1) is 23.0. The molecule has 10 heteroatoms. The molecular weight excluding hydrogens is 487 g/mol. The SMILES string of the molecule is COC(=O)c1c(NC(=S)Nc2cnn(Cc3c(Cl)cccc3Cl)c2)sc2c1CCC(C)C2. The highest BCUT2D eigenvalue weighted by atomic mass is 35.5. The number of methoxy groups -OCH3 is 1. The third kappa shape index (κ3) is 4.93. The van der Waals surface area contributed by atoms with Gasteiger partial charge in [-0.3, -0.25) is 4.68 Å². The predicted molar refractivity (Wildman–Crippen MR) is 134 cm³/mol. The van der Waals surface area contributed by atoms with Gasteiger partial charge in [0, 0.05) is 26.7 Å². The molecule has 168 valence electrons. The molecule has 1 aliphatic rings. The Labute approximate surface area is 205 Å². The molecule has 2 N–H and O–H groups in total. The lowest BCUT2D eigenvalue weighted by molar-refractivity contribution is 0.0601. The van der Waals surface area contributed by atoms with Crippen molar-refractivity contribution in [1.29, 1.82) is 0 Å². The molecule has 2 heterocycles. The fourth-order valence-corrected chi connectivity index (χ4v) is 5.99. The molecule has 2 aromatic heterocycles. The van der Waals surface area contributed by atoms with Crippen LogP contribution in [0.2, 0.25) is 10.0 Å². The highest BCUT2D eigenvalue weighted by Gasteiger charge is 2.28. The van der Waals surface area contributed by atoms with Crippen molar-refractivity contribution >= 4 is 68.5 Å². The van der Waals surface area contributed by atoms with Gasteiger partial charge in [0.2, 0.25) is 0 Å². The number of carbonyl (C=O) groups is 1. The van der Waals surface area contributed by atoms with E-state index >= 15 is 0 Å². The van der Waals surface area contributed by atoms with Gasteiger partial charge in [0.15, 0.2) is 5.11 Å². The van der Waals surface area contributed by atoms with Gasteiger partial charge in [-0.05, 0) is 55.1 Å². The average Bonchev–Trinajstić information content (AvgIpc) is 3.33. The zero-order valence-corrected chi connectivity index (χ0v) is 20.7. The van der Waals surface area contributed by atoms with E-state index in [1.807, 2.05) is 6.20 Å². The van der Waals surface area contributed by atoms with E-state index in [0.29, 0.717) is 43.9 Å². The number of halogens is 2. The molecule has 0 fully saturated rings. The number of nitrogens with zero attached hydrogens (tertiary/aromatic N) is 2. The molecule has 32 heavy (non-hydrogen) atoms. The Kier molecular flexibility index (Phi) is 7.05. The summed E-state index contributed by atoms with van der Waals surface area (Å²) in [5.41, 5.74) is 3.18.